The summed E-state index contributed by atoms with van der Waals surface area (Å²) in [5.41, 5.74) is 0.625. The SMILES string of the molecule is C=CC[N+]1(CC(C)C)CC[C@]23c4c5ccc(NC(=O)C(=C(OC(C)=O)c6ccccc6)C(F)(F)F)c4O[C@H]2CCC[C@H]3[C@H]1C5. The minimum Gasteiger partial charge on any atom is -0.487 e. The number of esters is 1. The Hall–Kier alpha value is -3.59. The summed E-state index contributed by atoms with van der Waals surface area (Å²) in [4.78, 5) is 25.4. The van der Waals surface area contributed by atoms with Crippen molar-refractivity contribution in [3.8, 4) is 5.75 Å². The van der Waals surface area contributed by atoms with Crippen LogP contribution in [0.15, 0.2) is 60.7 Å². The number of rotatable bonds is 8. The average Bonchev–Trinajstić information content (AvgIpc) is 3.30. The van der Waals surface area contributed by atoms with Crippen LogP contribution in [0.25, 0.3) is 5.76 Å². The van der Waals surface area contributed by atoms with Gasteiger partial charge < -0.3 is 19.3 Å². The second-order valence-electron chi connectivity index (χ2n) is 13.3. The Morgan fingerprint density at radius 1 is 1.18 bits per heavy atom. The van der Waals surface area contributed by atoms with E-state index in [-0.39, 0.29) is 22.8 Å². The molecule has 1 saturated heterocycles. The Bertz CT molecular complexity index is 1520. The van der Waals surface area contributed by atoms with E-state index in [1.807, 2.05) is 6.07 Å². The van der Waals surface area contributed by atoms with E-state index in [1.54, 1.807) is 12.1 Å². The molecule has 9 heteroatoms. The number of carbonyl (C=O) groups is 2. The number of alkyl halides is 3. The fourth-order valence-corrected chi connectivity index (χ4v) is 9.02. The van der Waals surface area contributed by atoms with Gasteiger partial charge in [-0.05, 0) is 37.0 Å². The largest absolute Gasteiger partial charge is 0.487 e. The first-order valence-corrected chi connectivity index (χ1v) is 15.6. The van der Waals surface area contributed by atoms with Crippen molar-refractivity contribution in [2.24, 2.45) is 11.8 Å². The van der Waals surface area contributed by atoms with Gasteiger partial charge in [0.2, 0.25) is 0 Å². The lowest BCUT2D eigenvalue weighted by atomic mass is 9.51. The zero-order chi connectivity index (χ0) is 31.4. The highest BCUT2D eigenvalue weighted by Gasteiger charge is 2.67. The smallest absolute Gasteiger partial charge is 0.425 e. The summed E-state index contributed by atoms with van der Waals surface area (Å²) >= 11 is 0. The number of benzene rings is 2. The number of piperidine rings is 1. The lowest BCUT2D eigenvalue weighted by Gasteiger charge is -2.62. The van der Waals surface area contributed by atoms with Gasteiger partial charge in [-0.15, -0.1) is 0 Å². The summed E-state index contributed by atoms with van der Waals surface area (Å²) < 4.78 is 56.3. The molecule has 1 spiro atoms. The van der Waals surface area contributed by atoms with E-state index < -0.39 is 29.4 Å². The predicted octanol–water partition coefficient (Wildman–Crippen LogP) is 6.95. The number of hydrogen-bond donors (Lipinski definition) is 1. The molecule has 1 N–H and O–H groups in total. The van der Waals surface area contributed by atoms with Crippen LogP contribution in [0.3, 0.4) is 0 Å². The molecular weight excluding hydrogens is 569 g/mol. The molecule has 1 unspecified atom stereocenters. The Balaban J connectivity index is 1.43. The molecule has 4 aliphatic rings. The van der Waals surface area contributed by atoms with Gasteiger partial charge in [-0.1, -0.05) is 56.8 Å². The van der Waals surface area contributed by atoms with Crippen molar-refractivity contribution in [1.82, 2.24) is 0 Å². The van der Waals surface area contributed by atoms with Gasteiger partial charge >= 0.3 is 12.1 Å². The summed E-state index contributed by atoms with van der Waals surface area (Å²) in [5, 5.41) is 2.53. The minimum absolute atomic E-state index is 0.0278. The fourth-order valence-electron chi connectivity index (χ4n) is 9.02. The minimum atomic E-state index is -5.10. The maximum absolute atomic E-state index is 14.5. The van der Waals surface area contributed by atoms with Gasteiger partial charge in [-0.2, -0.15) is 13.2 Å². The summed E-state index contributed by atoms with van der Waals surface area (Å²) in [6, 6.07) is 11.4. The van der Waals surface area contributed by atoms with Crippen LogP contribution in [0, 0.1) is 11.8 Å². The van der Waals surface area contributed by atoms with Gasteiger partial charge in [0.1, 0.15) is 11.9 Å². The lowest BCUT2D eigenvalue weighted by Crippen LogP contribution is -2.72. The van der Waals surface area contributed by atoms with Crippen molar-refractivity contribution in [2.75, 3.05) is 25.0 Å². The second kappa shape index (κ2) is 11.1. The van der Waals surface area contributed by atoms with Crippen molar-refractivity contribution >= 4 is 23.3 Å². The molecule has 2 heterocycles. The van der Waals surface area contributed by atoms with E-state index in [0.717, 1.165) is 74.3 Å². The Morgan fingerprint density at radius 3 is 2.59 bits per heavy atom. The number of quaternary nitrogens is 1. The highest BCUT2D eigenvalue weighted by Crippen LogP contribution is 2.64. The molecule has 1 saturated carbocycles. The zero-order valence-electron chi connectivity index (χ0n) is 25.5. The summed E-state index contributed by atoms with van der Waals surface area (Å²) in [6.45, 7) is 12.6. The van der Waals surface area contributed by atoms with Crippen molar-refractivity contribution in [2.45, 2.75) is 76.6 Å². The second-order valence-corrected chi connectivity index (χ2v) is 13.3. The third-order valence-corrected chi connectivity index (χ3v) is 10.2. The van der Waals surface area contributed by atoms with Crippen molar-refractivity contribution in [3.63, 3.8) is 0 Å². The van der Waals surface area contributed by atoms with E-state index >= 15 is 0 Å². The summed E-state index contributed by atoms with van der Waals surface area (Å²) in [7, 11) is 0. The van der Waals surface area contributed by atoms with Crippen LogP contribution in [-0.4, -0.2) is 54.3 Å². The van der Waals surface area contributed by atoms with E-state index in [9.17, 15) is 22.8 Å². The number of carbonyl (C=O) groups excluding carboxylic acids is 2. The summed E-state index contributed by atoms with van der Waals surface area (Å²) in [5.74, 6) is -1.79. The highest BCUT2D eigenvalue weighted by molar-refractivity contribution is 6.10. The molecule has 2 aliphatic heterocycles. The number of halogens is 3. The fraction of sp³-hybridized carbons (Fsp3) is 0.486. The van der Waals surface area contributed by atoms with Crippen LogP contribution >= 0.6 is 0 Å². The van der Waals surface area contributed by atoms with E-state index in [1.165, 1.54) is 24.3 Å². The number of hydrogen-bond acceptors (Lipinski definition) is 4. The Morgan fingerprint density at radius 2 is 1.93 bits per heavy atom. The molecule has 2 aromatic rings. The molecule has 2 bridgehead atoms. The summed E-state index contributed by atoms with van der Waals surface area (Å²) in [6.07, 6.45) is 1.63. The lowest BCUT2D eigenvalue weighted by molar-refractivity contribution is -0.960. The molecule has 6 nitrogen and oxygen atoms in total. The van der Waals surface area contributed by atoms with Crippen LogP contribution in [0.2, 0.25) is 0 Å². The van der Waals surface area contributed by atoms with Crippen molar-refractivity contribution in [1.29, 1.82) is 0 Å². The molecule has 234 valence electrons. The van der Waals surface area contributed by atoms with E-state index in [4.69, 9.17) is 9.47 Å². The topological polar surface area (TPSA) is 64.6 Å². The molecule has 2 aromatic carbocycles. The van der Waals surface area contributed by atoms with Crippen molar-refractivity contribution < 1.29 is 36.7 Å². The maximum Gasteiger partial charge on any atom is 0.425 e. The zero-order valence-corrected chi connectivity index (χ0v) is 25.5. The van der Waals surface area contributed by atoms with Crippen LogP contribution in [0.5, 0.6) is 5.75 Å². The third-order valence-electron chi connectivity index (χ3n) is 10.2. The average molecular weight is 610 g/mol. The standard InChI is InChI=1S/C35H39F3N2O4/c1-5-17-40(20-21(2)3)18-16-34-25-12-9-13-28(34)44-32-26(15-14-24(29(32)34)19-27(25)40)39-33(42)30(35(36,37)38)31(43-22(4)41)23-10-7-6-8-11-23/h5-8,10-11,14-15,21,25,27-28H,1,9,12-13,16-20H2,2-4H3/p+1/t25-,27+,28-,34+,40?/m0/s1. The molecule has 0 radical (unpaired) electrons. The third kappa shape index (κ3) is 4.84. The number of likely N-dealkylation sites (tertiary alicyclic amines) is 1. The van der Waals surface area contributed by atoms with Gasteiger partial charge in [0.15, 0.2) is 11.3 Å². The number of ether oxygens (including phenoxy) is 2. The van der Waals surface area contributed by atoms with Gasteiger partial charge in [0.25, 0.3) is 5.91 Å². The van der Waals surface area contributed by atoms with Gasteiger partial charge in [-0.3, -0.25) is 9.59 Å². The highest BCUT2D eigenvalue weighted by atomic mass is 19.4. The quantitative estimate of drug-likeness (QED) is 0.116. The molecule has 5 atom stereocenters. The Kier molecular flexibility index (Phi) is 7.67. The van der Waals surface area contributed by atoms with Gasteiger partial charge in [0, 0.05) is 42.7 Å². The normalized spacial score (nSPS) is 28.8. The van der Waals surface area contributed by atoms with Crippen LogP contribution in [-0.2, 0) is 26.2 Å². The molecule has 2 fully saturated rings. The first kappa shape index (κ1) is 30.4. The van der Waals surface area contributed by atoms with Gasteiger partial charge in [-0.25, -0.2) is 0 Å². The predicted molar refractivity (Wildman–Crippen MR) is 162 cm³/mol. The maximum atomic E-state index is 14.5. The molecule has 6 rings (SSSR count). The van der Waals surface area contributed by atoms with Crippen LogP contribution < -0.4 is 10.1 Å². The number of nitrogens with one attached hydrogen (secondary N) is 1. The molecule has 1 amide bonds. The number of amides is 1. The molecule has 44 heavy (non-hydrogen) atoms. The van der Waals surface area contributed by atoms with Crippen LogP contribution in [0.4, 0.5) is 18.9 Å². The first-order chi connectivity index (χ1) is 20.9. The van der Waals surface area contributed by atoms with Crippen LogP contribution in [0.1, 0.15) is 63.1 Å². The van der Waals surface area contributed by atoms with Crippen molar-refractivity contribution in [3.05, 3.63) is 77.4 Å². The monoisotopic (exact) mass is 609 g/mol. The Labute approximate surface area is 256 Å². The van der Waals surface area contributed by atoms with E-state index in [0.29, 0.717) is 23.6 Å². The molecule has 2 aliphatic carbocycles. The molecular formula is C35H40F3N2O4+. The number of nitrogens with zero attached hydrogens (tertiary/aromatic N) is 1. The molecule has 0 aromatic heterocycles. The van der Waals surface area contributed by atoms with E-state index in [2.05, 4.69) is 31.8 Å². The first-order valence-electron chi connectivity index (χ1n) is 15.6. The number of anilines is 1. The van der Waals surface area contributed by atoms with Gasteiger partial charge in [0.05, 0.1) is 36.8 Å².